The summed E-state index contributed by atoms with van der Waals surface area (Å²) in [5.74, 6) is 0.726. The maximum absolute atomic E-state index is 3.56. The van der Waals surface area contributed by atoms with E-state index in [0.717, 1.165) is 12.5 Å². The van der Waals surface area contributed by atoms with Crippen molar-refractivity contribution in [2.45, 2.75) is 24.8 Å². The summed E-state index contributed by atoms with van der Waals surface area (Å²) in [6.07, 6.45) is 4.96. The van der Waals surface area contributed by atoms with Crippen LogP contribution in [-0.4, -0.2) is 31.1 Å². The summed E-state index contributed by atoms with van der Waals surface area (Å²) < 4.78 is 0. The molecule has 1 aromatic rings. The summed E-state index contributed by atoms with van der Waals surface area (Å²) in [5.41, 5.74) is 6.06. The number of likely N-dealkylation sites (N-methyl/N-ethyl adjacent to an activating group) is 1. The highest BCUT2D eigenvalue weighted by atomic mass is 15.1. The predicted octanol–water partition coefficient (Wildman–Crippen LogP) is 2.69. The van der Waals surface area contributed by atoms with E-state index < -0.39 is 0 Å². The van der Waals surface area contributed by atoms with E-state index in [2.05, 4.69) is 41.5 Å². The highest BCUT2D eigenvalue weighted by Crippen LogP contribution is 2.47. The Labute approximate surface area is 102 Å². The van der Waals surface area contributed by atoms with Gasteiger partial charge in [0.1, 0.15) is 0 Å². The molecule has 0 saturated carbocycles. The second kappa shape index (κ2) is 3.36. The largest absolute Gasteiger partial charge is 0.384 e. The molecule has 2 atom stereocenters. The summed E-state index contributed by atoms with van der Waals surface area (Å²) >= 11 is 0. The molecule has 0 amide bonds. The smallest absolute Gasteiger partial charge is 0.0382 e. The molecule has 0 spiro atoms. The molecule has 2 aliphatic heterocycles. The van der Waals surface area contributed by atoms with Crippen LogP contribution in [0.2, 0.25) is 0 Å². The molecular formula is C15H18N2. The molecule has 2 heterocycles. The quantitative estimate of drug-likeness (QED) is 0.731. The van der Waals surface area contributed by atoms with Gasteiger partial charge in [-0.05, 0) is 42.7 Å². The fraction of sp³-hybridized carbons (Fsp3) is 0.467. The molecular weight excluding hydrogens is 208 g/mol. The topological polar surface area (TPSA) is 15.3 Å². The molecule has 1 N–H and O–H groups in total. The normalized spacial score (nSPS) is 30.3. The molecule has 0 saturated heterocycles. The first-order valence-electron chi connectivity index (χ1n) is 6.62. The van der Waals surface area contributed by atoms with Crippen LogP contribution in [0.3, 0.4) is 0 Å². The highest BCUT2D eigenvalue weighted by Gasteiger charge is 2.37. The Balaban J connectivity index is 1.93. The Hall–Kier alpha value is -1.28. The molecule has 0 unspecified atom stereocenters. The second-order valence-electron chi connectivity index (χ2n) is 5.52. The number of anilines is 1. The van der Waals surface area contributed by atoms with E-state index in [9.17, 15) is 0 Å². The van der Waals surface area contributed by atoms with Crippen LogP contribution in [0.25, 0.3) is 5.57 Å². The van der Waals surface area contributed by atoms with E-state index in [1.54, 1.807) is 11.1 Å². The molecule has 0 aromatic heterocycles. The van der Waals surface area contributed by atoms with Crippen molar-refractivity contribution in [1.82, 2.24) is 4.90 Å². The third-order valence-electron chi connectivity index (χ3n) is 4.61. The second-order valence-corrected chi connectivity index (χ2v) is 5.52. The molecule has 0 radical (unpaired) electrons. The average molecular weight is 226 g/mol. The number of hydrogen-bond donors (Lipinski definition) is 1. The van der Waals surface area contributed by atoms with Crippen molar-refractivity contribution in [3.8, 4) is 0 Å². The summed E-state index contributed by atoms with van der Waals surface area (Å²) in [6.45, 7) is 2.34. The minimum Gasteiger partial charge on any atom is -0.384 e. The van der Waals surface area contributed by atoms with Crippen LogP contribution >= 0.6 is 0 Å². The lowest BCUT2D eigenvalue weighted by Gasteiger charge is -2.39. The zero-order valence-corrected chi connectivity index (χ0v) is 10.2. The van der Waals surface area contributed by atoms with Crippen LogP contribution < -0.4 is 5.32 Å². The van der Waals surface area contributed by atoms with Crippen LogP contribution in [0, 0.1) is 0 Å². The van der Waals surface area contributed by atoms with Gasteiger partial charge in [0, 0.05) is 30.7 Å². The lowest BCUT2D eigenvalue weighted by Crippen LogP contribution is -2.39. The van der Waals surface area contributed by atoms with Crippen LogP contribution in [0.15, 0.2) is 24.3 Å². The standard InChI is InChI=1S/C15H18N2/c1-17-7-3-5-11-12-4-2-6-13-15(12)10(9-16-13)8-14(11)17/h2,4-6,10,14,16H,3,7-9H2,1H3/t10-,14-/m1/s1. The lowest BCUT2D eigenvalue weighted by atomic mass is 9.76. The van der Waals surface area contributed by atoms with Gasteiger partial charge in [0.05, 0.1) is 0 Å². The SMILES string of the molecule is CN1CCC=C2c3cccc4c3[C@@H](CN4)C[C@H]21. The van der Waals surface area contributed by atoms with Crippen molar-refractivity contribution >= 4 is 11.3 Å². The van der Waals surface area contributed by atoms with Gasteiger partial charge in [-0.15, -0.1) is 0 Å². The van der Waals surface area contributed by atoms with Crippen LogP contribution in [0.1, 0.15) is 29.9 Å². The maximum atomic E-state index is 3.56. The zero-order chi connectivity index (χ0) is 11.4. The summed E-state index contributed by atoms with van der Waals surface area (Å²) in [4.78, 5) is 2.53. The Morgan fingerprint density at radius 1 is 1.35 bits per heavy atom. The number of fused-ring (bicyclic) bond motifs is 2. The van der Waals surface area contributed by atoms with Crippen LogP contribution in [-0.2, 0) is 0 Å². The van der Waals surface area contributed by atoms with Crippen molar-refractivity contribution < 1.29 is 0 Å². The van der Waals surface area contributed by atoms with Crippen LogP contribution in [0.4, 0.5) is 5.69 Å². The maximum Gasteiger partial charge on any atom is 0.0382 e. The van der Waals surface area contributed by atoms with E-state index >= 15 is 0 Å². The minimum absolute atomic E-state index is 0.649. The average Bonchev–Trinajstić information content (AvgIpc) is 2.76. The van der Waals surface area contributed by atoms with Crippen LogP contribution in [0.5, 0.6) is 0 Å². The highest BCUT2D eigenvalue weighted by molar-refractivity contribution is 5.81. The van der Waals surface area contributed by atoms with Crippen molar-refractivity contribution in [2.24, 2.45) is 0 Å². The molecule has 17 heavy (non-hydrogen) atoms. The molecule has 0 bridgehead atoms. The molecule has 2 nitrogen and oxygen atoms in total. The zero-order valence-electron chi connectivity index (χ0n) is 10.2. The molecule has 88 valence electrons. The van der Waals surface area contributed by atoms with Gasteiger partial charge in [0.15, 0.2) is 0 Å². The first kappa shape index (κ1) is 9.72. The molecule has 0 fully saturated rings. The summed E-state index contributed by atoms with van der Waals surface area (Å²) in [7, 11) is 2.27. The fourth-order valence-electron chi connectivity index (χ4n) is 3.77. The van der Waals surface area contributed by atoms with Crippen molar-refractivity contribution in [1.29, 1.82) is 0 Å². The van der Waals surface area contributed by atoms with Gasteiger partial charge < -0.3 is 5.32 Å². The van der Waals surface area contributed by atoms with Gasteiger partial charge >= 0.3 is 0 Å². The van der Waals surface area contributed by atoms with E-state index in [4.69, 9.17) is 0 Å². The van der Waals surface area contributed by atoms with E-state index in [1.807, 2.05) is 0 Å². The number of benzene rings is 1. The molecule has 1 aromatic carbocycles. The van der Waals surface area contributed by atoms with E-state index in [0.29, 0.717) is 6.04 Å². The summed E-state index contributed by atoms with van der Waals surface area (Å²) in [5, 5.41) is 3.56. The van der Waals surface area contributed by atoms with Gasteiger partial charge in [0.25, 0.3) is 0 Å². The number of rotatable bonds is 0. The van der Waals surface area contributed by atoms with Crippen molar-refractivity contribution in [2.75, 3.05) is 25.5 Å². The van der Waals surface area contributed by atoms with Gasteiger partial charge in [-0.25, -0.2) is 0 Å². The van der Waals surface area contributed by atoms with Gasteiger partial charge in [-0.3, -0.25) is 4.90 Å². The lowest BCUT2D eigenvalue weighted by molar-refractivity contribution is 0.259. The Morgan fingerprint density at radius 2 is 2.29 bits per heavy atom. The first-order valence-corrected chi connectivity index (χ1v) is 6.62. The Bertz CT molecular complexity index is 504. The first-order chi connectivity index (χ1) is 8.34. The molecule has 2 heteroatoms. The van der Waals surface area contributed by atoms with Gasteiger partial charge in [-0.1, -0.05) is 18.2 Å². The van der Waals surface area contributed by atoms with E-state index in [1.165, 1.54) is 30.6 Å². The number of hydrogen-bond acceptors (Lipinski definition) is 2. The third kappa shape index (κ3) is 1.25. The minimum atomic E-state index is 0.649. The van der Waals surface area contributed by atoms with Crippen molar-refractivity contribution in [3.63, 3.8) is 0 Å². The predicted molar refractivity (Wildman–Crippen MR) is 71.3 cm³/mol. The van der Waals surface area contributed by atoms with Gasteiger partial charge in [0.2, 0.25) is 0 Å². The van der Waals surface area contributed by atoms with Crippen molar-refractivity contribution in [3.05, 3.63) is 35.4 Å². The monoisotopic (exact) mass is 226 g/mol. The van der Waals surface area contributed by atoms with Gasteiger partial charge in [-0.2, -0.15) is 0 Å². The summed E-state index contributed by atoms with van der Waals surface area (Å²) in [6, 6.07) is 7.39. The van der Waals surface area contributed by atoms with E-state index in [-0.39, 0.29) is 0 Å². The molecule has 3 aliphatic rings. The third-order valence-corrected chi connectivity index (χ3v) is 4.61. The Kier molecular flexibility index (Phi) is 1.92. The number of nitrogens with one attached hydrogen (secondary N) is 1. The molecule has 4 rings (SSSR count). The Morgan fingerprint density at radius 3 is 3.24 bits per heavy atom. The number of nitrogens with zero attached hydrogens (tertiary/aromatic N) is 1. The fourth-order valence-corrected chi connectivity index (χ4v) is 3.77. The molecule has 1 aliphatic carbocycles.